The number of imidazole rings is 1. The average molecular weight is 361 g/mol. The summed E-state index contributed by atoms with van der Waals surface area (Å²) >= 11 is 0. The Labute approximate surface area is 159 Å². The van der Waals surface area contributed by atoms with E-state index in [0.29, 0.717) is 5.56 Å². The van der Waals surface area contributed by atoms with Crippen LogP contribution in [-0.2, 0) is 19.4 Å². The number of nitrogens with zero attached hydrogens (tertiary/aromatic N) is 3. The fourth-order valence-corrected chi connectivity index (χ4v) is 3.02. The van der Waals surface area contributed by atoms with Crippen molar-refractivity contribution in [1.29, 1.82) is 0 Å². The molecule has 0 fully saturated rings. The minimum atomic E-state index is -0.914. The highest BCUT2D eigenvalue weighted by atomic mass is 16.4. The monoisotopic (exact) mass is 361 g/mol. The van der Waals surface area contributed by atoms with Crippen molar-refractivity contribution >= 4 is 12.0 Å². The largest absolute Gasteiger partial charge is 0.478 e. The molecule has 0 aliphatic heterocycles. The Morgan fingerprint density at radius 3 is 2.78 bits per heavy atom. The minimum Gasteiger partial charge on any atom is -0.478 e. The van der Waals surface area contributed by atoms with Crippen LogP contribution >= 0.6 is 0 Å². The lowest BCUT2D eigenvalue weighted by Crippen LogP contribution is -2.05. The van der Waals surface area contributed by atoms with E-state index in [0.717, 1.165) is 43.0 Å². The van der Waals surface area contributed by atoms with E-state index in [1.54, 1.807) is 12.1 Å². The van der Waals surface area contributed by atoms with E-state index < -0.39 is 5.97 Å². The average Bonchev–Trinajstić information content (AvgIpc) is 3.09. The quantitative estimate of drug-likeness (QED) is 0.654. The summed E-state index contributed by atoms with van der Waals surface area (Å²) in [5.74, 6) is 0.112. The molecular formula is C22H23N3O2. The molecule has 2 aromatic heterocycles. The van der Waals surface area contributed by atoms with Crippen LogP contribution < -0.4 is 0 Å². The Hall–Kier alpha value is -3.21. The van der Waals surface area contributed by atoms with Crippen LogP contribution in [0.3, 0.4) is 0 Å². The molecule has 0 atom stereocenters. The zero-order valence-electron chi connectivity index (χ0n) is 15.4. The number of carbonyl (C=O) groups is 1. The Balaban J connectivity index is 1.56. The summed E-state index contributed by atoms with van der Waals surface area (Å²) in [5, 5.41) is 9.16. The first kappa shape index (κ1) is 18.6. The van der Waals surface area contributed by atoms with Crippen LogP contribution in [0, 0.1) is 6.92 Å². The van der Waals surface area contributed by atoms with Crippen LogP contribution in [0.2, 0.25) is 0 Å². The minimum absolute atomic E-state index is 0.296. The van der Waals surface area contributed by atoms with Gasteiger partial charge in [-0.15, -0.1) is 0 Å². The Morgan fingerprint density at radius 2 is 2.00 bits per heavy atom. The van der Waals surface area contributed by atoms with Gasteiger partial charge in [0.05, 0.1) is 5.56 Å². The van der Waals surface area contributed by atoms with Crippen molar-refractivity contribution in [2.24, 2.45) is 0 Å². The van der Waals surface area contributed by atoms with Crippen LogP contribution in [0.15, 0.2) is 60.9 Å². The summed E-state index contributed by atoms with van der Waals surface area (Å²) in [4.78, 5) is 20.1. The second kappa shape index (κ2) is 8.94. The maximum absolute atomic E-state index is 11.2. The van der Waals surface area contributed by atoms with Crippen LogP contribution in [0.1, 0.15) is 39.6 Å². The van der Waals surface area contributed by atoms with Gasteiger partial charge >= 0.3 is 5.97 Å². The van der Waals surface area contributed by atoms with Gasteiger partial charge in [-0.1, -0.05) is 42.5 Å². The number of carboxylic acid groups (broad SMARTS) is 1. The van der Waals surface area contributed by atoms with Crippen molar-refractivity contribution in [2.45, 2.75) is 32.7 Å². The molecule has 138 valence electrons. The molecule has 0 amide bonds. The summed E-state index contributed by atoms with van der Waals surface area (Å²) in [6.07, 6.45) is 10.5. The van der Waals surface area contributed by atoms with Gasteiger partial charge in [0.25, 0.3) is 0 Å². The zero-order valence-corrected chi connectivity index (χ0v) is 15.4. The lowest BCUT2D eigenvalue weighted by atomic mass is 10.1. The number of hydrogen-bond acceptors (Lipinski definition) is 3. The van der Waals surface area contributed by atoms with Crippen molar-refractivity contribution in [1.82, 2.24) is 14.5 Å². The molecule has 0 aliphatic carbocycles. The van der Waals surface area contributed by atoms with E-state index >= 15 is 0 Å². The lowest BCUT2D eigenvalue weighted by molar-refractivity contribution is 0.0696. The number of carboxylic acids is 1. The van der Waals surface area contributed by atoms with Crippen LogP contribution in [-0.4, -0.2) is 25.6 Å². The predicted octanol–water partition coefficient (Wildman–Crippen LogP) is 4.17. The van der Waals surface area contributed by atoms with Gasteiger partial charge in [0.1, 0.15) is 5.82 Å². The molecule has 0 aliphatic rings. The molecule has 0 spiro atoms. The van der Waals surface area contributed by atoms with Crippen molar-refractivity contribution < 1.29 is 9.90 Å². The van der Waals surface area contributed by atoms with E-state index in [1.807, 2.05) is 37.5 Å². The summed E-state index contributed by atoms with van der Waals surface area (Å²) < 4.78 is 2.13. The third-order valence-electron chi connectivity index (χ3n) is 4.30. The number of hydrogen-bond donors (Lipinski definition) is 1. The summed E-state index contributed by atoms with van der Waals surface area (Å²) in [7, 11) is 0. The molecule has 5 heteroatoms. The first-order chi connectivity index (χ1) is 13.1. The van der Waals surface area contributed by atoms with Gasteiger partial charge < -0.3 is 9.67 Å². The van der Waals surface area contributed by atoms with Crippen molar-refractivity contribution in [3.8, 4) is 0 Å². The van der Waals surface area contributed by atoms with E-state index in [1.165, 1.54) is 5.56 Å². The smallest absolute Gasteiger partial charge is 0.335 e. The SMILES string of the molecule is Cc1cc(C(=O)O)cc(CCCc2nccn2C/C=C/c2ccccc2)n1. The topological polar surface area (TPSA) is 68.0 Å². The number of allylic oxidation sites excluding steroid dienone is 1. The Bertz CT molecular complexity index is 930. The highest BCUT2D eigenvalue weighted by Crippen LogP contribution is 2.11. The second-order valence-corrected chi connectivity index (χ2v) is 6.46. The number of benzene rings is 1. The lowest BCUT2D eigenvalue weighted by Gasteiger charge is -2.06. The standard InChI is InChI=1S/C22H23N3O2/c1-17-15-19(22(26)27)16-20(24-17)10-5-11-21-23-12-14-25(21)13-6-9-18-7-3-2-4-8-18/h2-4,6-9,12,14-16H,5,10-11,13H2,1H3,(H,26,27)/b9-6+. The molecule has 3 aromatic rings. The van der Waals surface area contributed by atoms with Crippen LogP contribution in [0.25, 0.3) is 6.08 Å². The molecular weight excluding hydrogens is 338 g/mol. The maximum Gasteiger partial charge on any atom is 0.335 e. The Kier molecular flexibility index (Phi) is 6.15. The zero-order chi connectivity index (χ0) is 19.1. The van der Waals surface area contributed by atoms with E-state index in [-0.39, 0.29) is 0 Å². The molecule has 0 unspecified atom stereocenters. The summed E-state index contributed by atoms with van der Waals surface area (Å²) in [5.41, 5.74) is 3.02. The first-order valence-corrected chi connectivity index (χ1v) is 9.04. The number of aromatic carboxylic acids is 1. The van der Waals surface area contributed by atoms with E-state index in [9.17, 15) is 4.79 Å². The normalized spacial score (nSPS) is 11.1. The van der Waals surface area contributed by atoms with Gasteiger partial charge in [0.15, 0.2) is 0 Å². The van der Waals surface area contributed by atoms with Crippen molar-refractivity contribution in [3.05, 3.63) is 89.3 Å². The van der Waals surface area contributed by atoms with Crippen molar-refractivity contribution in [2.75, 3.05) is 0 Å². The fraction of sp³-hybridized carbons (Fsp3) is 0.227. The molecule has 0 bridgehead atoms. The highest BCUT2D eigenvalue weighted by molar-refractivity contribution is 5.87. The van der Waals surface area contributed by atoms with Gasteiger partial charge in [0.2, 0.25) is 0 Å². The molecule has 1 aromatic carbocycles. The molecule has 0 saturated heterocycles. The molecule has 0 radical (unpaired) electrons. The fourth-order valence-electron chi connectivity index (χ4n) is 3.02. The molecule has 2 heterocycles. The van der Waals surface area contributed by atoms with Gasteiger partial charge in [-0.2, -0.15) is 0 Å². The number of aromatic nitrogens is 3. The molecule has 5 nitrogen and oxygen atoms in total. The van der Waals surface area contributed by atoms with E-state index in [2.05, 4.69) is 38.8 Å². The van der Waals surface area contributed by atoms with Crippen LogP contribution in [0.5, 0.6) is 0 Å². The summed E-state index contributed by atoms with van der Waals surface area (Å²) in [6.45, 7) is 2.60. The summed E-state index contributed by atoms with van der Waals surface area (Å²) in [6, 6.07) is 13.5. The Morgan fingerprint density at radius 1 is 1.19 bits per heavy atom. The molecule has 1 N–H and O–H groups in total. The second-order valence-electron chi connectivity index (χ2n) is 6.46. The van der Waals surface area contributed by atoms with E-state index in [4.69, 9.17) is 5.11 Å². The van der Waals surface area contributed by atoms with Crippen LogP contribution in [0.4, 0.5) is 0 Å². The number of pyridine rings is 1. The maximum atomic E-state index is 11.2. The van der Waals surface area contributed by atoms with Gasteiger partial charge in [0, 0.05) is 36.7 Å². The molecule has 27 heavy (non-hydrogen) atoms. The number of rotatable bonds is 8. The third kappa shape index (κ3) is 5.38. The molecule has 0 saturated carbocycles. The highest BCUT2D eigenvalue weighted by Gasteiger charge is 2.08. The van der Waals surface area contributed by atoms with Gasteiger partial charge in [-0.3, -0.25) is 4.98 Å². The molecule has 3 rings (SSSR count). The first-order valence-electron chi connectivity index (χ1n) is 9.04. The van der Waals surface area contributed by atoms with Gasteiger partial charge in [-0.05, 0) is 37.5 Å². The third-order valence-corrected chi connectivity index (χ3v) is 4.30. The van der Waals surface area contributed by atoms with Gasteiger partial charge in [-0.25, -0.2) is 9.78 Å². The van der Waals surface area contributed by atoms with Crippen molar-refractivity contribution in [3.63, 3.8) is 0 Å². The number of aryl methyl sites for hydroxylation is 3. The predicted molar refractivity (Wildman–Crippen MR) is 106 cm³/mol.